The molecule has 28 heavy (non-hydrogen) atoms. The zero-order valence-electron chi connectivity index (χ0n) is 16.5. The van der Waals surface area contributed by atoms with Gasteiger partial charge in [0.2, 0.25) is 15.9 Å². The van der Waals surface area contributed by atoms with Gasteiger partial charge in [-0.15, -0.1) is 0 Å². The van der Waals surface area contributed by atoms with Crippen LogP contribution in [0, 0.1) is 19.8 Å². The quantitative estimate of drug-likeness (QED) is 0.752. The Morgan fingerprint density at radius 1 is 1.07 bits per heavy atom. The average molecular weight is 420 g/mol. The molecule has 0 radical (unpaired) electrons. The maximum Gasteiger partial charge on any atom is 0.416 e. The Bertz CT molecular complexity index is 828. The van der Waals surface area contributed by atoms with Crippen LogP contribution in [-0.2, 0) is 21.0 Å². The molecular weight excluding hydrogens is 393 g/mol. The standard InChI is InChI=1S/C19H27F3N2O3S/c1-11(2)28(26,27)24-15-7-5-14(6-8-15)18(25)23-17-10-9-16(19(20,21)22)12(3)13(17)4/h9-11,14-15,24H,5-8H2,1-4H3,(H,23,25)/t14-,15-. The molecule has 0 aromatic heterocycles. The summed E-state index contributed by atoms with van der Waals surface area (Å²) < 4.78 is 65.5. The molecule has 0 heterocycles. The summed E-state index contributed by atoms with van der Waals surface area (Å²) in [6.07, 6.45) is -2.28. The maximum atomic E-state index is 13.0. The summed E-state index contributed by atoms with van der Waals surface area (Å²) in [7, 11) is -3.35. The van der Waals surface area contributed by atoms with Gasteiger partial charge in [0, 0.05) is 17.6 Å². The summed E-state index contributed by atoms with van der Waals surface area (Å²) >= 11 is 0. The van der Waals surface area contributed by atoms with Crippen LogP contribution in [0.1, 0.15) is 56.2 Å². The molecule has 1 fully saturated rings. The Hall–Kier alpha value is -1.61. The number of carbonyl (C=O) groups is 1. The van der Waals surface area contributed by atoms with E-state index in [-0.39, 0.29) is 23.4 Å². The highest BCUT2D eigenvalue weighted by atomic mass is 32.2. The van der Waals surface area contributed by atoms with Crippen LogP contribution >= 0.6 is 0 Å². The Labute approximate surface area is 164 Å². The average Bonchev–Trinajstić information content (AvgIpc) is 2.58. The van der Waals surface area contributed by atoms with E-state index in [4.69, 9.17) is 0 Å². The van der Waals surface area contributed by atoms with Gasteiger partial charge >= 0.3 is 6.18 Å². The van der Waals surface area contributed by atoms with E-state index in [0.717, 1.165) is 6.07 Å². The number of nitrogens with one attached hydrogen (secondary N) is 2. The van der Waals surface area contributed by atoms with Gasteiger partial charge in [0.15, 0.2) is 0 Å². The van der Waals surface area contributed by atoms with Crippen LogP contribution in [-0.4, -0.2) is 25.6 Å². The molecule has 1 aliphatic rings. The first-order valence-electron chi connectivity index (χ1n) is 9.32. The largest absolute Gasteiger partial charge is 0.416 e. The molecule has 1 aliphatic carbocycles. The molecule has 5 nitrogen and oxygen atoms in total. The molecule has 0 unspecified atom stereocenters. The molecule has 0 atom stereocenters. The number of hydrogen-bond acceptors (Lipinski definition) is 3. The lowest BCUT2D eigenvalue weighted by atomic mass is 9.86. The Kier molecular flexibility index (Phi) is 6.81. The summed E-state index contributed by atoms with van der Waals surface area (Å²) in [5.41, 5.74) is 0.151. The zero-order chi connectivity index (χ0) is 21.3. The minimum Gasteiger partial charge on any atom is -0.326 e. The van der Waals surface area contributed by atoms with Gasteiger partial charge in [0.1, 0.15) is 0 Å². The number of anilines is 1. The van der Waals surface area contributed by atoms with Crippen molar-refractivity contribution in [2.75, 3.05) is 5.32 Å². The van der Waals surface area contributed by atoms with E-state index < -0.39 is 27.0 Å². The van der Waals surface area contributed by atoms with Crippen LogP contribution in [0.3, 0.4) is 0 Å². The Balaban J connectivity index is 1.99. The van der Waals surface area contributed by atoms with Crippen LogP contribution < -0.4 is 10.0 Å². The number of rotatable bonds is 5. The molecule has 2 N–H and O–H groups in total. The molecule has 158 valence electrons. The monoisotopic (exact) mass is 420 g/mol. The van der Waals surface area contributed by atoms with Crippen molar-refractivity contribution in [3.63, 3.8) is 0 Å². The minimum atomic E-state index is -4.43. The van der Waals surface area contributed by atoms with Crippen LogP contribution in [0.25, 0.3) is 0 Å². The van der Waals surface area contributed by atoms with E-state index in [1.807, 2.05) is 0 Å². The molecule has 1 aromatic rings. The van der Waals surface area contributed by atoms with E-state index in [1.165, 1.54) is 13.0 Å². The number of halogens is 3. The summed E-state index contributed by atoms with van der Waals surface area (Å²) in [6.45, 7) is 6.16. The van der Waals surface area contributed by atoms with Gasteiger partial charge in [0.25, 0.3) is 0 Å². The topological polar surface area (TPSA) is 75.3 Å². The maximum absolute atomic E-state index is 13.0. The van der Waals surface area contributed by atoms with Crippen molar-refractivity contribution in [1.82, 2.24) is 4.72 Å². The smallest absolute Gasteiger partial charge is 0.326 e. The molecule has 1 aromatic carbocycles. The zero-order valence-corrected chi connectivity index (χ0v) is 17.3. The van der Waals surface area contributed by atoms with E-state index in [0.29, 0.717) is 36.9 Å². The lowest BCUT2D eigenvalue weighted by molar-refractivity contribution is -0.138. The number of hydrogen-bond donors (Lipinski definition) is 2. The molecule has 9 heteroatoms. The molecule has 0 aliphatic heterocycles. The Morgan fingerprint density at radius 3 is 2.14 bits per heavy atom. The Morgan fingerprint density at radius 2 is 1.64 bits per heavy atom. The van der Waals surface area contributed by atoms with Gasteiger partial charge in [-0.2, -0.15) is 13.2 Å². The summed E-state index contributed by atoms with van der Waals surface area (Å²) in [5.74, 6) is -0.533. The molecule has 1 amide bonds. The number of amides is 1. The van der Waals surface area contributed by atoms with Crippen LogP contribution in [0.4, 0.5) is 18.9 Å². The number of sulfonamides is 1. The van der Waals surface area contributed by atoms with E-state index in [1.54, 1.807) is 20.8 Å². The third-order valence-electron chi connectivity index (χ3n) is 5.40. The lowest BCUT2D eigenvalue weighted by Crippen LogP contribution is -2.42. The fourth-order valence-electron chi connectivity index (χ4n) is 3.34. The number of benzene rings is 1. The van der Waals surface area contributed by atoms with Crippen LogP contribution in [0.5, 0.6) is 0 Å². The van der Waals surface area contributed by atoms with Gasteiger partial charge in [-0.1, -0.05) is 0 Å². The highest BCUT2D eigenvalue weighted by Gasteiger charge is 2.34. The van der Waals surface area contributed by atoms with Gasteiger partial charge in [0.05, 0.1) is 10.8 Å². The SMILES string of the molecule is Cc1c(NC(=O)[C@H]2CC[C@H](NS(=O)(=O)C(C)C)CC2)ccc(C(F)(F)F)c1C. The molecule has 0 saturated heterocycles. The van der Waals surface area contributed by atoms with Crippen molar-refractivity contribution < 1.29 is 26.4 Å². The predicted molar refractivity (Wildman–Crippen MR) is 102 cm³/mol. The van der Waals surface area contributed by atoms with Crippen molar-refractivity contribution in [1.29, 1.82) is 0 Å². The first kappa shape index (κ1) is 22.7. The third-order valence-corrected chi connectivity index (χ3v) is 7.30. The van der Waals surface area contributed by atoms with Crippen molar-refractivity contribution in [2.24, 2.45) is 5.92 Å². The van der Waals surface area contributed by atoms with Crippen molar-refractivity contribution >= 4 is 21.6 Å². The van der Waals surface area contributed by atoms with E-state index in [9.17, 15) is 26.4 Å². The van der Waals surface area contributed by atoms with Gasteiger partial charge < -0.3 is 5.32 Å². The molecule has 1 saturated carbocycles. The molecule has 0 spiro atoms. The van der Waals surface area contributed by atoms with Crippen molar-refractivity contribution in [3.05, 3.63) is 28.8 Å². The number of carbonyl (C=O) groups excluding carboxylic acids is 1. The molecular formula is C19H27F3N2O3S. The van der Waals surface area contributed by atoms with E-state index >= 15 is 0 Å². The summed E-state index contributed by atoms with van der Waals surface area (Å²) in [6, 6.07) is 2.08. The second-order valence-electron chi connectivity index (χ2n) is 7.66. The fraction of sp³-hybridized carbons (Fsp3) is 0.632. The highest BCUT2D eigenvalue weighted by molar-refractivity contribution is 7.90. The van der Waals surface area contributed by atoms with Crippen molar-refractivity contribution in [2.45, 2.75) is 70.8 Å². The van der Waals surface area contributed by atoms with Gasteiger partial charge in [-0.05, 0) is 76.6 Å². The summed E-state index contributed by atoms with van der Waals surface area (Å²) in [4.78, 5) is 12.5. The lowest BCUT2D eigenvalue weighted by Gasteiger charge is -2.29. The normalized spacial score (nSPS) is 21.0. The van der Waals surface area contributed by atoms with E-state index in [2.05, 4.69) is 10.0 Å². The van der Waals surface area contributed by atoms with Crippen molar-refractivity contribution in [3.8, 4) is 0 Å². The first-order valence-corrected chi connectivity index (χ1v) is 10.9. The van der Waals surface area contributed by atoms with Crippen LogP contribution in [0.2, 0.25) is 0 Å². The van der Waals surface area contributed by atoms with Crippen LogP contribution in [0.15, 0.2) is 12.1 Å². The second kappa shape index (κ2) is 8.41. The van der Waals surface area contributed by atoms with Gasteiger partial charge in [-0.25, -0.2) is 13.1 Å². The first-order chi connectivity index (χ1) is 12.8. The third kappa shape index (κ3) is 5.26. The second-order valence-corrected chi connectivity index (χ2v) is 9.93. The van der Waals surface area contributed by atoms with Gasteiger partial charge in [-0.3, -0.25) is 4.79 Å². The predicted octanol–water partition coefficient (Wildman–Crippen LogP) is 4.15. The fourth-order valence-corrected chi connectivity index (χ4v) is 4.31. The number of alkyl halides is 3. The molecule has 0 bridgehead atoms. The highest BCUT2D eigenvalue weighted by Crippen LogP contribution is 2.35. The summed E-state index contributed by atoms with van der Waals surface area (Å²) in [5, 5.41) is 2.22. The molecule has 2 rings (SSSR count). The minimum absolute atomic E-state index is 0.0945.